The maximum Gasteiger partial charge on any atom is 0.272 e. The Balaban J connectivity index is 1.19. The van der Waals surface area contributed by atoms with Crippen LogP contribution < -0.4 is 25.4 Å². The summed E-state index contributed by atoms with van der Waals surface area (Å²) in [6.45, 7) is 0. The zero-order valence-electron chi connectivity index (χ0n) is 27.5. The van der Waals surface area contributed by atoms with Crippen LogP contribution in [0, 0.1) is 0 Å². The molecule has 256 valence electrons. The van der Waals surface area contributed by atoms with Crippen LogP contribution in [0.4, 0.5) is 10.8 Å². The van der Waals surface area contributed by atoms with Crippen LogP contribution >= 0.6 is 34.4 Å². The van der Waals surface area contributed by atoms with Gasteiger partial charge in [0.2, 0.25) is 5.91 Å². The first-order chi connectivity index (χ1) is 24.9. The molecule has 1 unspecified atom stereocenters. The topological polar surface area (TPSA) is 119 Å². The van der Waals surface area contributed by atoms with E-state index in [-0.39, 0.29) is 11.6 Å². The lowest BCUT2D eigenvalue weighted by Gasteiger charge is -2.17. The average Bonchev–Trinajstić information content (AvgIpc) is 3.86. The molecular weight excluding hydrogens is 701 g/mol. The number of methoxy groups -OCH3 is 2. The van der Waals surface area contributed by atoms with E-state index in [4.69, 9.17) is 9.47 Å². The molecule has 0 saturated heterocycles. The molecule has 12 heteroatoms. The van der Waals surface area contributed by atoms with E-state index in [1.165, 1.54) is 34.4 Å². The van der Waals surface area contributed by atoms with Crippen molar-refractivity contribution in [3.63, 3.8) is 0 Å². The van der Waals surface area contributed by atoms with Crippen molar-refractivity contribution < 1.29 is 23.9 Å². The highest BCUT2D eigenvalue weighted by Crippen LogP contribution is 2.38. The lowest BCUT2D eigenvalue weighted by Crippen LogP contribution is -2.30. The van der Waals surface area contributed by atoms with Crippen LogP contribution in [0.5, 0.6) is 11.5 Å². The van der Waals surface area contributed by atoms with Crippen LogP contribution in [0.3, 0.4) is 0 Å². The molecule has 3 N–H and O–H groups in total. The van der Waals surface area contributed by atoms with Crippen LogP contribution in [-0.4, -0.2) is 36.9 Å². The fraction of sp³-hybridized carbons (Fsp3) is 0.0769. The lowest BCUT2D eigenvalue weighted by molar-refractivity contribution is -0.116. The molecule has 0 aliphatic heterocycles. The Kier molecular flexibility index (Phi) is 11.6. The molecule has 2 aromatic heterocycles. The summed E-state index contributed by atoms with van der Waals surface area (Å²) in [6.07, 6.45) is 1.64. The van der Waals surface area contributed by atoms with Gasteiger partial charge in [0.15, 0.2) is 16.6 Å². The number of benzene rings is 4. The molecule has 6 aromatic rings. The molecular formula is C39H32N4O5S3. The quantitative estimate of drug-likeness (QED) is 0.0803. The minimum absolute atomic E-state index is 0.0951. The van der Waals surface area contributed by atoms with Crippen LogP contribution in [0.2, 0.25) is 0 Å². The zero-order valence-corrected chi connectivity index (χ0v) is 29.9. The highest BCUT2D eigenvalue weighted by atomic mass is 32.2. The fourth-order valence-corrected chi connectivity index (χ4v) is 7.40. The van der Waals surface area contributed by atoms with Crippen LogP contribution in [0.25, 0.3) is 17.3 Å². The third-order valence-electron chi connectivity index (χ3n) is 7.48. The summed E-state index contributed by atoms with van der Waals surface area (Å²) < 4.78 is 10.8. The number of thioether (sulfide) groups is 1. The number of carbonyl (C=O) groups excluding carboxylic acids is 3. The normalized spacial score (nSPS) is 11.7. The van der Waals surface area contributed by atoms with Crippen molar-refractivity contribution in [2.75, 3.05) is 24.9 Å². The maximum absolute atomic E-state index is 13.9. The molecule has 0 fully saturated rings. The van der Waals surface area contributed by atoms with Crippen LogP contribution in [0.15, 0.2) is 136 Å². The number of nitrogens with zero attached hydrogens (tertiary/aromatic N) is 1. The van der Waals surface area contributed by atoms with Gasteiger partial charge >= 0.3 is 0 Å². The van der Waals surface area contributed by atoms with E-state index < -0.39 is 17.1 Å². The standard InChI is InChI=1S/C39H32N4O5S3/c1-47-33-17-16-28(21-34(33)48-2)32-24-50-39(42-32)43-38(46)35(26-10-5-3-6-11-26)51-30-15-9-14-29(22-30)40-37(45)31(20-25-18-19-49-23-25)41-36(44)27-12-7-4-8-13-27/h3-24,35H,1-2H3,(H,40,45)(H,41,44)(H,42,43,46)/b31-20-. The van der Waals surface area contributed by atoms with E-state index in [2.05, 4.69) is 20.9 Å². The van der Waals surface area contributed by atoms with Crippen molar-refractivity contribution in [3.05, 3.63) is 148 Å². The first kappa shape index (κ1) is 35.1. The van der Waals surface area contributed by atoms with Gasteiger partial charge in [-0.3, -0.25) is 14.4 Å². The van der Waals surface area contributed by atoms with Gasteiger partial charge in [-0.15, -0.1) is 23.1 Å². The molecule has 9 nitrogen and oxygen atoms in total. The number of anilines is 2. The highest BCUT2D eigenvalue weighted by molar-refractivity contribution is 8.00. The number of thiophene rings is 1. The third kappa shape index (κ3) is 9.11. The number of hydrogen-bond acceptors (Lipinski definition) is 9. The number of rotatable bonds is 13. The molecule has 0 radical (unpaired) electrons. The number of amides is 3. The molecule has 2 heterocycles. The summed E-state index contributed by atoms with van der Waals surface area (Å²) in [5, 5.41) is 14.1. The summed E-state index contributed by atoms with van der Waals surface area (Å²) in [7, 11) is 3.16. The summed E-state index contributed by atoms with van der Waals surface area (Å²) in [5.41, 5.74) is 4.13. The van der Waals surface area contributed by atoms with Crippen molar-refractivity contribution in [3.8, 4) is 22.8 Å². The predicted molar refractivity (Wildman–Crippen MR) is 206 cm³/mol. The zero-order chi connectivity index (χ0) is 35.6. The van der Waals surface area contributed by atoms with E-state index in [1.807, 2.05) is 82.9 Å². The lowest BCUT2D eigenvalue weighted by atomic mass is 10.1. The van der Waals surface area contributed by atoms with Crippen molar-refractivity contribution in [1.29, 1.82) is 0 Å². The summed E-state index contributed by atoms with van der Waals surface area (Å²) in [5.74, 6) is 0.0578. The molecule has 1 atom stereocenters. The van der Waals surface area contributed by atoms with Gasteiger partial charge in [0.05, 0.1) is 19.9 Å². The molecule has 0 spiro atoms. The fourth-order valence-electron chi connectivity index (χ4n) is 4.98. The second kappa shape index (κ2) is 16.8. The van der Waals surface area contributed by atoms with Crippen LogP contribution in [-0.2, 0) is 9.59 Å². The Hall–Kier alpha value is -5.69. The van der Waals surface area contributed by atoms with Gasteiger partial charge < -0.3 is 25.4 Å². The van der Waals surface area contributed by atoms with E-state index in [9.17, 15) is 14.4 Å². The number of thiazole rings is 1. The van der Waals surface area contributed by atoms with Crippen molar-refractivity contribution in [2.24, 2.45) is 0 Å². The number of hydrogen-bond donors (Lipinski definition) is 3. The molecule has 0 bridgehead atoms. The summed E-state index contributed by atoms with van der Waals surface area (Å²) >= 11 is 4.15. The maximum atomic E-state index is 13.9. The van der Waals surface area contributed by atoms with Gasteiger partial charge in [0.1, 0.15) is 10.9 Å². The Labute approximate surface area is 307 Å². The van der Waals surface area contributed by atoms with Crippen LogP contribution in [0.1, 0.15) is 26.7 Å². The Morgan fingerprint density at radius 1 is 0.804 bits per heavy atom. The number of carbonyl (C=O) groups is 3. The number of ether oxygens (including phenoxy) is 2. The van der Waals surface area contributed by atoms with E-state index >= 15 is 0 Å². The molecule has 6 rings (SSSR count). The van der Waals surface area contributed by atoms with Gasteiger partial charge in [0.25, 0.3) is 11.8 Å². The third-order valence-corrected chi connectivity index (χ3v) is 10.2. The SMILES string of the molecule is COc1ccc(-c2csc(NC(=O)C(Sc3cccc(NC(=O)/C(=C/c4ccsc4)NC(=O)c4ccccc4)c3)c3ccccc3)n2)cc1OC. The molecule has 51 heavy (non-hydrogen) atoms. The smallest absolute Gasteiger partial charge is 0.272 e. The summed E-state index contributed by atoms with van der Waals surface area (Å²) in [6, 6.07) is 32.8. The van der Waals surface area contributed by atoms with E-state index in [0.29, 0.717) is 33.6 Å². The number of nitrogens with one attached hydrogen (secondary N) is 3. The Morgan fingerprint density at radius 2 is 1.57 bits per heavy atom. The predicted octanol–water partition coefficient (Wildman–Crippen LogP) is 8.77. The summed E-state index contributed by atoms with van der Waals surface area (Å²) in [4.78, 5) is 45.8. The second-order valence-corrected chi connectivity index (χ2v) is 13.7. The molecule has 0 saturated carbocycles. The first-order valence-electron chi connectivity index (χ1n) is 15.6. The van der Waals surface area contributed by atoms with Gasteiger partial charge in [-0.2, -0.15) is 11.3 Å². The Morgan fingerprint density at radius 3 is 2.29 bits per heavy atom. The minimum Gasteiger partial charge on any atom is -0.493 e. The Bertz CT molecular complexity index is 2150. The van der Waals surface area contributed by atoms with Gasteiger partial charge in [-0.05, 0) is 82.6 Å². The number of aromatic nitrogens is 1. The van der Waals surface area contributed by atoms with Crippen molar-refractivity contribution in [1.82, 2.24) is 10.3 Å². The monoisotopic (exact) mass is 732 g/mol. The van der Waals surface area contributed by atoms with E-state index in [0.717, 1.165) is 21.6 Å². The van der Waals surface area contributed by atoms with E-state index in [1.54, 1.807) is 62.8 Å². The molecule has 0 aliphatic carbocycles. The molecule has 0 aliphatic rings. The van der Waals surface area contributed by atoms with Gasteiger partial charge in [-0.1, -0.05) is 54.6 Å². The van der Waals surface area contributed by atoms with Gasteiger partial charge in [-0.25, -0.2) is 4.98 Å². The van der Waals surface area contributed by atoms with Crippen molar-refractivity contribution in [2.45, 2.75) is 10.1 Å². The molecule has 4 aromatic carbocycles. The largest absolute Gasteiger partial charge is 0.493 e. The average molecular weight is 733 g/mol. The second-order valence-electron chi connectivity index (χ2n) is 10.9. The van der Waals surface area contributed by atoms with Gasteiger partial charge in [0, 0.05) is 27.1 Å². The first-order valence-corrected chi connectivity index (χ1v) is 18.3. The van der Waals surface area contributed by atoms with Crippen molar-refractivity contribution >= 4 is 69.1 Å². The minimum atomic E-state index is -0.634. The highest BCUT2D eigenvalue weighted by Gasteiger charge is 2.24. The molecule has 3 amide bonds.